The number of nitrogens with one attached hydrogen (secondary N) is 1. The summed E-state index contributed by atoms with van der Waals surface area (Å²) in [4.78, 5) is 11.0. The number of nitrogens with two attached hydrogens (primary N) is 1. The van der Waals surface area contributed by atoms with E-state index in [1.165, 1.54) is 0 Å². The van der Waals surface area contributed by atoms with Crippen LogP contribution >= 0.6 is 0 Å². The quantitative estimate of drug-likeness (QED) is 0.794. The number of sulfonamides is 1. The van der Waals surface area contributed by atoms with Crippen LogP contribution in [0, 0.1) is 18.2 Å². The molecular weight excluding hydrogens is 259 g/mol. The molecule has 0 aliphatic heterocycles. The van der Waals surface area contributed by atoms with Crippen LogP contribution in [0.1, 0.15) is 12.8 Å². The molecule has 0 fully saturated rings. The monoisotopic (exact) mass is 270 g/mol. The van der Waals surface area contributed by atoms with Gasteiger partial charge in [0.2, 0.25) is 15.9 Å². The molecule has 18 heavy (non-hydrogen) atoms. The van der Waals surface area contributed by atoms with E-state index in [1.54, 1.807) is 0 Å². The van der Waals surface area contributed by atoms with Crippen LogP contribution in [0.2, 0.25) is 0 Å². The van der Waals surface area contributed by atoms with Gasteiger partial charge in [0.1, 0.15) is 10.7 Å². The van der Waals surface area contributed by atoms with Crippen molar-refractivity contribution in [2.45, 2.75) is 17.7 Å². The number of rotatable bonds is 4. The van der Waals surface area contributed by atoms with Crippen molar-refractivity contribution in [2.75, 3.05) is 5.32 Å². The lowest BCUT2D eigenvalue weighted by Gasteiger charge is -2.09. The number of carbonyl (C=O) groups excluding carboxylic acids is 1. The van der Waals surface area contributed by atoms with Crippen LogP contribution in [0.25, 0.3) is 0 Å². The van der Waals surface area contributed by atoms with Gasteiger partial charge in [0, 0.05) is 12.8 Å². The summed E-state index contributed by atoms with van der Waals surface area (Å²) in [5.74, 6) is 1.07. The first-order valence-corrected chi connectivity index (χ1v) is 6.45. The molecule has 0 heterocycles. The summed E-state index contributed by atoms with van der Waals surface area (Å²) in [6.07, 6.45) is 5.20. The van der Waals surface area contributed by atoms with Crippen molar-refractivity contribution < 1.29 is 17.6 Å². The molecule has 1 aromatic rings. The van der Waals surface area contributed by atoms with Gasteiger partial charge in [-0.05, 0) is 18.2 Å². The SMILES string of the molecule is C#CCCC(=O)Nc1cc(F)ccc1S(N)(=O)=O. The van der Waals surface area contributed by atoms with Gasteiger partial charge in [-0.1, -0.05) is 0 Å². The molecule has 0 spiro atoms. The fourth-order valence-corrected chi connectivity index (χ4v) is 1.92. The van der Waals surface area contributed by atoms with Gasteiger partial charge < -0.3 is 5.32 Å². The van der Waals surface area contributed by atoms with Crippen molar-refractivity contribution >= 4 is 21.6 Å². The highest BCUT2D eigenvalue weighted by Gasteiger charge is 2.16. The summed E-state index contributed by atoms with van der Waals surface area (Å²) in [6, 6.07) is 2.81. The van der Waals surface area contributed by atoms with E-state index < -0.39 is 21.7 Å². The molecule has 7 heteroatoms. The highest BCUT2D eigenvalue weighted by Crippen LogP contribution is 2.21. The number of anilines is 1. The summed E-state index contributed by atoms with van der Waals surface area (Å²) >= 11 is 0. The number of amides is 1. The van der Waals surface area contributed by atoms with Gasteiger partial charge in [0.05, 0.1) is 5.69 Å². The molecule has 0 aromatic heterocycles. The van der Waals surface area contributed by atoms with E-state index in [2.05, 4.69) is 11.2 Å². The summed E-state index contributed by atoms with van der Waals surface area (Å²) in [5.41, 5.74) is -0.195. The lowest BCUT2D eigenvalue weighted by Crippen LogP contribution is -2.18. The average molecular weight is 270 g/mol. The molecule has 3 N–H and O–H groups in total. The second-order valence-electron chi connectivity index (χ2n) is 3.44. The van der Waals surface area contributed by atoms with E-state index in [0.29, 0.717) is 0 Å². The zero-order valence-electron chi connectivity index (χ0n) is 9.31. The lowest BCUT2D eigenvalue weighted by atomic mass is 10.2. The first-order chi connectivity index (χ1) is 8.34. The number of hydrogen-bond acceptors (Lipinski definition) is 3. The zero-order valence-corrected chi connectivity index (χ0v) is 10.1. The molecular formula is C11H11FN2O3S. The maximum absolute atomic E-state index is 13.0. The van der Waals surface area contributed by atoms with Crippen LogP contribution in [0.3, 0.4) is 0 Å². The van der Waals surface area contributed by atoms with Crippen LogP contribution < -0.4 is 10.5 Å². The van der Waals surface area contributed by atoms with Gasteiger partial charge >= 0.3 is 0 Å². The highest BCUT2D eigenvalue weighted by atomic mass is 32.2. The van der Waals surface area contributed by atoms with E-state index in [4.69, 9.17) is 11.6 Å². The number of halogens is 1. The molecule has 0 saturated carbocycles. The third-order valence-electron chi connectivity index (χ3n) is 2.02. The van der Waals surface area contributed by atoms with E-state index >= 15 is 0 Å². The van der Waals surface area contributed by atoms with Crippen molar-refractivity contribution in [1.82, 2.24) is 0 Å². The maximum atomic E-state index is 13.0. The molecule has 1 aromatic carbocycles. The molecule has 0 radical (unpaired) electrons. The fourth-order valence-electron chi connectivity index (χ4n) is 1.25. The Morgan fingerprint density at radius 1 is 1.50 bits per heavy atom. The Balaban J connectivity index is 3.05. The molecule has 0 atom stereocenters. The van der Waals surface area contributed by atoms with Crippen LogP contribution in [-0.4, -0.2) is 14.3 Å². The standard InChI is InChI=1S/C11H11FN2O3S/c1-2-3-4-11(15)14-9-7-8(12)5-6-10(9)18(13,16)17/h1,5-7H,3-4H2,(H,14,15)(H2,13,16,17). The van der Waals surface area contributed by atoms with Gasteiger partial charge in [0.25, 0.3) is 0 Å². The van der Waals surface area contributed by atoms with Gasteiger partial charge in [-0.2, -0.15) is 0 Å². The largest absolute Gasteiger partial charge is 0.325 e. The summed E-state index contributed by atoms with van der Waals surface area (Å²) < 4.78 is 35.5. The molecule has 0 aliphatic rings. The number of benzene rings is 1. The molecule has 0 saturated heterocycles. The zero-order chi connectivity index (χ0) is 13.8. The third kappa shape index (κ3) is 3.84. The van der Waals surface area contributed by atoms with Gasteiger partial charge in [-0.15, -0.1) is 12.3 Å². The Morgan fingerprint density at radius 3 is 2.72 bits per heavy atom. The number of hydrogen-bond donors (Lipinski definition) is 2. The number of terminal acetylenes is 1. The van der Waals surface area contributed by atoms with Crippen molar-refractivity contribution in [3.8, 4) is 12.3 Å². The Kier molecular flexibility index (Phi) is 4.42. The lowest BCUT2D eigenvalue weighted by molar-refractivity contribution is -0.116. The summed E-state index contributed by atoms with van der Waals surface area (Å²) in [5, 5.41) is 7.21. The van der Waals surface area contributed by atoms with Crippen LogP contribution in [-0.2, 0) is 14.8 Å². The second kappa shape index (κ2) is 5.62. The normalized spacial score (nSPS) is 10.7. The number of carbonyl (C=O) groups is 1. The van der Waals surface area contributed by atoms with Crippen molar-refractivity contribution in [2.24, 2.45) is 5.14 Å². The number of primary sulfonamides is 1. The summed E-state index contributed by atoms with van der Waals surface area (Å²) in [6.45, 7) is 0. The minimum atomic E-state index is -4.04. The van der Waals surface area contributed by atoms with E-state index in [0.717, 1.165) is 18.2 Å². The van der Waals surface area contributed by atoms with Crippen molar-refractivity contribution in [3.63, 3.8) is 0 Å². The van der Waals surface area contributed by atoms with Gasteiger partial charge in [-0.3, -0.25) is 4.79 Å². The van der Waals surface area contributed by atoms with E-state index in [-0.39, 0.29) is 23.4 Å². The van der Waals surface area contributed by atoms with E-state index in [1.807, 2.05) is 0 Å². The molecule has 0 aliphatic carbocycles. The maximum Gasteiger partial charge on any atom is 0.240 e. The predicted octanol–water partition coefficient (Wildman–Crippen LogP) is 0.825. The van der Waals surface area contributed by atoms with Crippen molar-refractivity contribution in [3.05, 3.63) is 24.0 Å². The van der Waals surface area contributed by atoms with Gasteiger partial charge in [-0.25, -0.2) is 17.9 Å². The molecule has 1 amide bonds. The smallest absolute Gasteiger partial charge is 0.240 e. The van der Waals surface area contributed by atoms with Crippen LogP contribution in [0.15, 0.2) is 23.1 Å². The highest BCUT2D eigenvalue weighted by molar-refractivity contribution is 7.89. The molecule has 1 rings (SSSR count). The molecule has 0 unspecified atom stereocenters. The van der Waals surface area contributed by atoms with E-state index in [9.17, 15) is 17.6 Å². The van der Waals surface area contributed by atoms with Crippen LogP contribution in [0.4, 0.5) is 10.1 Å². The Bertz CT molecular complexity index is 605. The Morgan fingerprint density at radius 2 is 2.17 bits per heavy atom. The molecule has 5 nitrogen and oxygen atoms in total. The second-order valence-corrected chi connectivity index (χ2v) is 4.97. The topological polar surface area (TPSA) is 89.3 Å². The minimum absolute atomic E-state index is 0.0110. The fraction of sp³-hybridized carbons (Fsp3) is 0.182. The molecule has 0 bridgehead atoms. The first-order valence-electron chi connectivity index (χ1n) is 4.90. The third-order valence-corrected chi connectivity index (χ3v) is 2.99. The van der Waals surface area contributed by atoms with Gasteiger partial charge in [0.15, 0.2) is 0 Å². The Hall–Kier alpha value is -1.91. The predicted molar refractivity (Wildman–Crippen MR) is 64.5 cm³/mol. The Labute approximate surface area is 104 Å². The van der Waals surface area contributed by atoms with Crippen LogP contribution in [0.5, 0.6) is 0 Å². The van der Waals surface area contributed by atoms with Crippen molar-refractivity contribution in [1.29, 1.82) is 0 Å². The molecule has 96 valence electrons. The average Bonchev–Trinajstić information content (AvgIpc) is 2.24. The summed E-state index contributed by atoms with van der Waals surface area (Å²) in [7, 11) is -4.04. The first kappa shape index (κ1) is 14.2. The minimum Gasteiger partial charge on any atom is -0.325 e.